The fraction of sp³-hybridized carbons (Fsp3) is 0.200. The Kier molecular flexibility index (Phi) is 5.93. The summed E-state index contributed by atoms with van der Waals surface area (Å²) in [6.45, 7) is 0. The average Bonchev–Trinajstić information content (AvgIpc) is 2.83. The summed E-state index contributed by atoms with van der Waals surface area (Å²) in [6, 6.07) is 1.80. The van der Waals surface area contributed by atoms with Crippen LogP contribution in [0.1, 0.15) is 9.67 Å². The lowest BCUT2D eigenvalue weighted by Gasteiger charge is -2.13. The van der Waals surface area contributed by atoms with Gasteiger partial charge in [0.05, 0.1) is 5.69 Å². The number of rotatable bonds is 3. The van der Waals surface area contributed by atoms with Gasteiger partial charge in [-0.2, -0.15) is 0 Å². The number of thiophene rings is 1. The predicted molar refractivity (Wildman–Crippen MR) is 78.8 cm³/mol. The number of amides is 2. The van der Waals surface area contributed by atoms with Gasteiger partial charge in [0.1, 0.15) is 14.4 Å². The van der Waals surface area contributed by atoms with E-state index in [1.807, 2.05) is 14.1 Å². The molecule has 1 aromatic heterocycles. The Labute approximate surface area is 129 Å². The van der Waals surface area contributed by atoms with Crippen molar-refractivity contribution in [1.82, 2.24) is 10.9 Å². The van der Waals surface area contributed by atoms with Crippen LogP contribution in [-0.4, -0.2) is 25.9 Å². The molecule has 0 spiro atoms. The number of hydrogen-bond donors (Lipinski definition) is 2. The van der Waals surface area contributed by atoms with Crippen LogP contribution in [-0.2, 0) is 4.79 Å². The Bertz CT molecular complexity index is 524. The molecule has 1 aromatic rings. The molecule has 9 heteroatoms. The molecule has 5 nitrogen and oxygen atoms in total. The molecule has 0 aliphatic heterocycles. The topological polar surface area (TPSA) is 61.4 Å². The number of halogens is 3. The highest BCUT2D eigenvalue weighted by Gasteiger charge is 2.16. The first-order valence-corrected chi connectivity index (χ1v) is 6.92. The van der Waals surface area contributed by atoms with Crippen molar-refractivity contribution >= 4 is 63.6 Å². The van der Waals surface area contributed by atoms with E-state index in [1.54, 1.807) is 16.3 Å². The van der Waals surface area contributed by atoms with Crippen molar-refractivity contribution in [1.29, 1.82) is 0 Å². The van der Waals surface area contributed by atoms with Gasteiger partial charge in [-0.15, -0.1) is 11.3 Å². The van der Waals surface area contributed by atoms with Crippen LogP contribution in [0.25, 0.3) is 0 Å². The predicted octanol–water partition coefficient (Wildman–Crippen LogP) is 2.46. The lowest BCUT2D eigenvalue weighted by Crippen LogP contribution is -2.41. The highest BCUT2D eigenvalue weighted by atomic mass is 35.5. The molecule has 104 valence electrons. The average molecular weight is 343 g/mol. The highest BCUT2D eigenvalue weighted by molar-refractivity contribution is 7.12. The summed E-state index contributed by atoms with van der Waals surface area (Å²) >= 11 is 17.4. The van der Waals surface area contributed by atoms with Crippen molar-refractivity contribution in [2.75, 3.05) is 19.0 Å². The van der Waals surface area contributed by atoms with Gasteiger partial charge in [0.15, 0.2) is 0 Å². The Morgan fingerprint density at radius 1 is 1.21 bits per heavy atom. The van der Waals surface area contributed by atoms with E-state index in [-0.39, 0.29) is 4.49 Å². The van der Waals surface area contributed by atoms with Gasteiger partial charge >= 0.3 is 0 Å². The van der Waals surface area contributed by atoms with E-state index in [4.69, 9.17) is 34.8 Å². The van der Waals surface area contributed by atoms with E-state index in [2.05, 4.69) is 10.9 Å². The Morgan fingerprint density at radius 2 is 1.84 bits per heavy atom. The van der Waals surface area contributed by atoms with Crippen molar-refractivity contribution in [2.45, 2.75) is 0 Å². The summed E-state index contributed by atoms with van der Waals surface area (Å²) < 4.78 is -0.376. The molecular formula is C10H10Cl3N3O2S. The summed E-state index contributed by atoms with van der Waals surface area (Å²) in [6.07, 6.45) is 0. The molecule has 0 radical (unpaired) electrons. The second-order valence-corrected chi connectivity index (χ2v) is 5.76. The van der Waals surface area contributed by atoms with Gasteiger partial charge in [-0.25, -0.2) is 0 Å². The molecule has 0 fully saturated rings. The zero-order chi connectivity index (χ0) is 14.6. The molecule has 0 unspecified atom stereocenters. The van der Waals surface area contributed by atoms with Crippen LogP contribution in [0.4, 0.5) is 5.69 Å². The number of hydrazine groups is 1. The molecule has 1 heterocycles. The van der Waals surface area contributed by atoms with Gasteiger partial charge in [-0.05, 0) is 11.4 Å². The zero-order valence-electron chi connectivity index (χ0n) is 9.96. The van der Waals surface area contributed by atoms with Crippen LogP contribution in [0, 0.1) is 0 Å². The normalized spacial score (nSPS) is 9.74. The maximum Gasteiger partial charge on any atom is 0.283 e. The smallest absolute Gasteiger partial charge is 0.283 e. The fourth-order valence-electron chi connectivity index (χ4n) is 1.14. The molecule has 0 aliphatic carbocycles. The van der Waals surface area contributed by atoms with Crippen LogP contribution in [0.2, 0.25) is 0 Å². The first-order chi connectivity index (χ1) is 8.84. The van der Waals surface area contributed by atoms with Gasteiger partial charge in [0.2, 0.25) is 0 Å². The third kappa shape index (κ3) is 4.28. The highest BCUT2D eigenvalue weighted by Crippen LogP contribution is 2.24. The molecule has 0 aromatic carbocycles. The minimum absolute atomic E-state index is 0.376. The lowest BCUT2D eigenvalue weighted by atomic mass is 10.3. The quantitative estimate of drug-likeness (QED) is 0.655. The van der Waals surface area contributed by atoms with Crippen molar-refractivity contribution in [3.8, 4) is 0 Å². The minimum Gasteiger partial charge on any atom is -0.376 e. The Morgan fingerprint density at radius 3 is 2.37 bits per heavy atom. The first kappa shape index (κ1) is 16.1. The van der Waals surface area contributed by atoms with Crippen molar-refractivity contribution < 1.29 is 9.59 Å². The van der Waals surface area contributed by atoms with Crippen LogP contribution < -0.4 is 15.8 Å². The van der Waals surface area contributed by atoms with Crippen molar-refractivity contribution in [3.05, 3.63) is 25.8 Å². The minimum atomic E-state index is -0.794. The third-order valence-electron chi connectivity index (χ3n) is 1.99. The van der Waals surface area contributed by atoms with Crippen molar-refractivity contribution in [3.63, 3.8) is 0 Å². The first-order valence-electron chi connectivity index (χ1n) is 4.91. The van der Waals surface area contributed by atoms with E-state index < -0.39 is 16.8 Å². The van der Waals surface area contributed by atoms with Gasteiger partial charge in [0.25, 0.3) is 11.8 Å². The fourth-order valence-corrected chi connectivity index (χ4v) is 2.22. The van der Waals surface area contributed by atoms with E-state index in [9.17, 15) is 9.59 Å². The molecule has 0 saturated heterocycles. The Hall–Kier alpha value is -0.950. The summed E-state index contributed by atoms with van der Waals surface area (Å²) in [7, 11) is 3.62. The van der Waals surface area contributed by atoms with Gasteiger partial charge in [-0.3, -0.25) is 20.4 Å². The van der Waals surface area contributed by atoms with Gasteiger partial charge in [0, 0.05) is 14.1 Å². The maximum atomic E-state index is 11.9. The summed E-state index contributed by atoms with van der Waals surface area (Å²) in [5, 5.41) is 1.37. The second-order valence-electron chi connectivity index (χ2n) is 3.51. The number of nitrogens with one attached hydrogen (secondary N) is 2. The number of nitrogens with zero attached hydrogens (tertiary/aromatic N) is 1. The van der Waals surface area contributed by atoms with E-state index in [0.717, 1.165) is 5.69 Å². The number of carbonyl (C=O) groups is 2. The van der Waals surface area contributed by atoms with Crippen LogP contribution in [0.3, 0.4) is 0 Å². The monoisotopic (exact) mass is 341 g/mol. The molecule has 2 amide bonds. The van der Waals surface area contributed by atoms with E-state index in [0.29, 0.717) is 4.88 Å². The summed E-state index contributed by atoms with van der Waals surface area (Å²) in [5.74, 6) is -1.25. The SMILES string of the molecule is CN(C)c1ccsc1C(=O)NNC(=O)C(Cl)=C(Cl)Cl. The molecule has 1 rings (SSSR count). The lowest BCUT2D eigenvalue weighted by molar-refractivity contribution is -0.117. The zero-order valence-corrected chi connectivity index (χ0v) is 13.0. The Balaban J connectivity index is 2.69. The molecule has 19 heavy (non-hydrogen) atoms. The standard InChI is InChI=1S/C10H10Cl3N3O2S/c1-16(2)5-3-4-19-7(5)10(18)15-14-9(17)6(11)8(12)13/h3-4H,1-2H3,(H,14,17)(H,15,18). The second kappa shape index (κ2) is 7.00. The molecule has 0 atom stereocenters. The van der Waals surface area contributed by atoms with Gasteiger partial charge < -0.3 is 4.90 Å². The van der Waals surface area contributed by atoms with Crippen LogP contribution in [0.15, 0.2) is 21.0 Å². The maximum absolute atomic E-state index is 11.9. The molecule has 0 aliphatic rings. The largest absolute Gasteiger partial charge is 0.376 e. The third-order valence-corrected chi connectivity index (χ3v) is 3.82. The molecule has 2 N–H and O–H groups in total. The van der Waals surface area contributed by atoms with E-state index in [1.165, 1.54) is 11.3 Å². The molecular weight excluding hydrogens is 333 g/mol. The molecule has 0 saturated carbocycles. The van der Waals surface area contributed by atoms with E-state index >= 15 is 0 Å². The van der Waals surface area contributed by atoms with Crippen molar-refractivity contribution in [2.24, 2.45) is 0 Å². The van der Waals surface area contributed by atoms with Crippen LogP contribution in [0.5, 0.6) is 0 Å². The number of anilines is 1. The summed E-state index contributed by atoms with van der Waals surface area (Å²) in [4.78, 5) is 25.5. The summed E-state index contributed by atoms with van der Waals surface area (Å²) in [5.41, 5.74) is 5.08. The number of carbonyl (C=O) groups excluding carboxylic acids is 2. The number of hydrogen-bond acceptors (Lipinski definition) is 4. The molecule has 0 bridgehead atoms. The van der Waals surface area contributed by atoms with Crippen LogP contribution >= 0.6 is 46.1 Å². The van der Waals surface area contributed by atoms with Gasteiger partial charge in [-0.1, -0.05) is 34.8 Å².